The van der Waals surface area contributed by atoms with Crippen LogP contribution in [0, 0.1) is 29.6 Å². The van der Waals surface area contributed by atoms with E-state index in [0.717, 1.165) is 19.3 Å². The van der Waals surface area contributed by atoms with Gasteiger partial charge in [0.25, 0.3) is 0 Å². The molecule has 0 aromatic rings. The molecule has 0 aliphatic heterocycles. The number of ketones is 4. The predicted octanol–water partition coefficient (Wildman–Crippen LogP) is 5.76. The van der Waals surface area contributed by atoms with Crippen LogP contribution < -0.4 is 27.0 Å². The van der Waals surface area contributed by atoms with E-state index in [9.17, 15) is 77.6 Å². The van der Waals surface area contributed by atoms with E-state index in [0.29, 0.717) is 12.8 Å². The van der Waals surface area contributed by atoms with E-state index >= 15 is 0 Å². The smallest absolute Gasteiger partial charge is 0.303 e. The molecule has 0 spiro atoms. The van der Waals surface area contributed by atoms with Crippen LogP contribution >= 0.6 is 0 Å². The largest absolute Gasteiger partial charge is 0.481 e. The van der Waals surface area contributed by atoms with Gasteiger partial charge < -0.3 is 47.4 Å². The Bertz CT molecular complexity index is 1960. The lowest BCUT2D eigenvalue weighted by Gasteiger charge is -2.26. The van der Waals surface area contributed by atoms with Crippen LogP contribution in [-0.4, -0.2) is 121 Å². The number of Topliss-reactive ketones (excluding diaryl/α,β-unsaturated/α-hetero) is 4. The Morgan fingerprint density at radius 1 is 0.403 bits per heavy atom. The summed E-state index contributed by atoms with van der Waals surface area (Å²) >= 11 is 0. The van der Waals surface area contributed by atoms with Gasteiger partial charge in [-0.15, -0.1) is 0 Å². The van der Waals surface area contributed by atoms with Gasteiger partial charge in [0.15, 0.2) is 23.1 Å². The van der Waals surface area contributed by atoms with Crippen LogP contribution in [0.1, 0.15) is 215 Å². The van der Waals surface area contributed by atoms with Crippen molar-refractivity contribution in [3.05, 3.63) is 0 Å². The molecule has 5 amide bonds. The normalized spacial score (nSPS) is 14.7. The quantitative estimate of drug-likeness (QED) is 0.0327. The number of amides is 5. The first-order valence-electron chi connectivity index (χ1n) is 27.7. The number of carbonyl (C=O) groups excluding carboxylic acids is 9. The van der Waals surface area contributed by atoms with Crippen molar-refractivity contribution < 1.29 is 82.8 Å². The molecule has 22 nitrogen and oxygen atoms in total. The molecule has 0 aromatic carbocycles. The van der Waals surface area contributed by atoms with E-state index in [1.165, 1.54) is 71.6 Å². The first kappa shape index (κ1) is 70.9. The fourth-order valence-electron chi connectivity index (χ4n) is 8.70. The van der Waals surface area contributed by atoms with Gasteiger partial charge in [-0.1, -0.05) is 111 Å². The predicted molar refractivity (Wildman–Crippen MR) is 284 cm³/mol. The zero-order valence-corrected chi connectivity index (χ0v) is 46.5. The molecular weight excluding hydrogens is 1000 g/mol. The summed E-state index contributed by atoms with van der Waals surface area (Å²) in [7, 11) is 0. The molecule has 10 N–H and O–H groups in total. The van der Waals surface area contributed by atoms with Gasteiger partial charge in [-0.2, -0.15) is 0 Å². The van der Waals surface area contributed by atoms with Gasteiger partial charge >= 0.3 is 23.9 Å². The zero-order valence-electron chi connectivity index (χ0n) is 46.5. The molecule has 0 radical (unpaired) electrons. The average Bonchev–Trinajstić information content (AvgIpc) is 3.35. The topological polar surface area (TPSA) is 377 Å². The van der Waals surface area contributed by atoms with Crippen LogP contribution in [0.25, 0.3) is 0 Å². The van der Waals surface area contributed by atoms with Gasteiger partial charge in [-0.05, 0) is 51.9 Å². The second-order valence-corrected chi connectivity index (χ2v) is 20.7. The Morgan fingerprint density at radius 3 is 1.23 bits per heavy atom. The van der Waals surface area contributed by atoms with E-state index in [2.05, 4.69) is 28.2 Å². The monoisotopic (exact) mass is 1090 g/mol. The summed E-state index contributed by atoms with van der Waals surface area (Å²) < 4.78 is 0. The van der Waals surface area contributed by atoms with E-state index in [1.54, 1.807) is 13.8 Å². The van der Waals surface area contributed by atoms with E-state index in [-0.39, 0.29) is 36.9 Å². The number of aliphatic carboxylic acids is 4. The molecule has 0 aliphatic carbocycles. The first-order valence-corrected chi connectivity index (χ1v) is 27.7. The SMILES string of the molecule is CCCCCCCCCCCCCCCC(=O)N[C@@H](C)C(=O)C[C@H](C(=O)N[C@@H](C)C(=O)C[C@@H](C)C(=O)N[C@@H](CCC(=O)O)C(=O)C[C@@H](CCC(=O)O)C(=O)N[C@@H](CCC(=O)O)C(=O)C[C@@H](CCC(=O)O)C(N)=O)[C@@H](C)CC. The molecule has 22 heteroatoms. The maximum absolute atomic E-state index is 13.8. The number of hydrogen-bond donors (Lipinski definition) is 9. The van der Waals surface area contributed by atoms with Gasteiger partial charge in [-0.3, -0.25) is 62.3 Å². The molecule has 0 unspecified atom stereocenters. The Kier molecular flexibility index (Phi) is 37.0. The molecule has 9 atom stereocenters. The van der Waals surface area contributed by atoms with Crippen molar-refractivity contribution in [1.82, 2.24) is 21.3 Å². The summed E-state index contributed by atoms with van der Waals surface area (Å²) in [6, 6.07) is -5.18. The van der Waals surface area contributed by atoms with Gasteiger partial charge in [0.05, 0.1) is 24.2 Å². The fraction of sp³-hybridized carbons (Fsp3) is 0.764. The van der Waals surface area contributed by atoms with Crippen LogP contribution in [0.15, 0.2) is 0 Å². The average molecular weight is 1090 g/mol. The van der Waals surface area contributed by atoms with Crippen molar-refractivity contribution in [2.24, 2.45) is 35.3 Å². The number of carbonyl (C=O) groups is 13. The van der Waals surface area contributed by atoms with Crippen LogP contribution in [0.4, 0.5) is 0 Å². The third-order valence-electron chi connectivity index (χ3n) is 14.0. The molecular formula is C55H91N5O17. The van der Waals surface area contributed by atoms with Crippen LogP contribution in [-0.2, 0) is 62.3 Å². The molecule has 0 saturated heterocycles. The van der Waals surface area contributed by atoms with Crippen molar-refractivity contribution in [3.8, 4) is 0 Å². The highest BCUT2D eigenvalue weighted by Crippen LogP contribution is 2.23. The van der Waals surface area contributed by atoms with Crippen molar-refractivity contribution in [2.45, 2.75) is 239 Å². The highest BCUT2D eigenvalue weighted by atomic mass is 16.4. The molecule has 0 aromatic heterocycles. The second kappa shape index (κ2) is 40.2. The Balaban J connectivity index is 5.74. The summed E-state index contributed by atoms with van der Waals surface area (Å²) in [6.45, 7) is 10.2. The molecule has 0 fully saturated rings. The van der Waals surface area contributed by atoms with Gasteiger partial charge in [0, 0.05) is 81.5 Å². The van der Waals surface area contributed by atoms with Crippen LogP contribution in [0.2, 0.25) is 0 Å². The molecule has 0 bridgehead atoms. The number of nitrogens with two attached hydrogens (primary N) is 1. The molecule has 0 rings (SSSR count). The minimum atomic E-state index is -1.60. The number of unbranched alkanes of at least 4 members (excludes halogenated alkanes) is 12. The standard InChI is InChI=1S/C55H91N5O17/c1-7-9-10-11-12-13-14-15-16-17-18-19-20-21-47(65)57-36(5)44(62)33-40(34(3)8-2)55(77)58-37(6)43(61)30-35(4)53(75)59-41(24-28-50(70)71)46(64)32-39(23-27-49(68)69)54(76)60-42(25-29-51(72)73)45(63)31-38(52(56)74)22-26-48(66)67/h34-42H,7-33H2,1-6H3,(H2,56,74)(H,57,65)(H,58,77)(H,59,75)(H,60,76)(H,66,67)(H,68,69)(H,70,71)(H,72,73)/t34-,35+,36-,37-,38+,39+,40-,41-,42-/m0/s1. The number of nitrogens with one attached hydrogen (secondary N) is 4. The van der Waals surface area contributed by atoms with Crippen molar-refractivity contribution in [1.29, 1.82) is 0 Å². The lowest BCUT2D eigenvalue weighted by molar-refractivity contribution is -0.141. The lowest BCUT2D eigenvalue weighted by atomic mass is 9.85. The molecule has 0 heterocycles. The van der Waals surface area contributed by atoms with Gasteiger partial charge in [0.2, 0.25) is 29.5 Å². The second-order valence-electron chi connectivity index (χ2n) is 20.7. The molecule has 0 aliphatic rings. The lowest BCUT2D eigenvalue weighted by Crippen LogP contribution is -2.48. The van der Waals surface area contributed by atoms with Crippen LogP contribution in [0.5, 0.6) is 0 Å². The summed E-state index contributed by atoms with van der Waals surface area (Å²) in [6.07, 6.45) is 9.45. The number of carboxylic acids is 4. The molecule has 438 valence electrons. The summed E-state index contributed by atoms with van der Waals surface area (Å²) in [4.78, 5) is 165. The minimum Gasteiger partial charge on any atom is -0.481 e. The van der Waals surface area contributed by atoms with Gasteiger partial charge in [0.1, 0.15) is 0 Å². The third kappa shape index (κ3) is 33.0. The van der Waals surface area contributed by atoms with Crippen molar-refractivity contribution >= 4 is 76.5 Å². The number of hydrogen-bond acceptors (Lipinski definition) is 13. The first-order chi connectivity index (χ1) is 36.2. The van der Waals surface area contributed by atoms with E-state index in [4.69, 9.17) is 10.8 Å². The van der Waals surface area contributed by atoms with Gasteiger partial charge in [-0.25, -0.2) is 0 Å². The zero-order chi connectivity index (χ0) is 58.6. The Morgan fingerprint density at radius 2 is 0.792 bits per heavy atom. The Hall–Kier alpha value is -6.09. The number of primary amides is 1. The summed E-state index contributed by atoms with van der Waals surface area (Å²) in [5, 5.41) is 47.3. The van der Waals surface area contributed by atoms with Crippen LogP contribution in [0.3, 0.4) is 0 Å². The minimum absolute atomic E-state index is 0.206. The Labute approximate surface area is 453 Å². The summed E-state index contributed by atoms with van der Waals surface area (Å²) in [5.41, 5.74) is 5.35. The maximum atomic E-state index is 13.8. The maximum Gasteiger partial charge on any atom is 0.303 e. The van der Waals surface area contributed by atoms with E-state index in [1.807, 2.05) is 6.92 Å². The summed E-state index contributed by atoms with van der Waals surface area (Å²) in [5.74, 6) is -17.1. The van der Waals surface area contributed by atoms with E-state index < -0.39 is 177 Å². The van der Waals surface area contributed by atoms with Crippen molar-refractivity contribution in [3.63, 3.8) is 0 Å². The highest BCUT2D eigenvalue weighted by molar-refractivity contribution is 5.98. The number of carboxylic acid groups (broad SMARTS) is 4. The number of rotatable bonds is 48. The molecule has 0 saturated carbocycles. The fourth-order valence-corrected chi connectivity index (χ4v) is 8.70. The van der Waals surface area contributed by atoms with Crippen molar-refractivity contribution in [2.75, 3.05) is 0 Å². The highest BCUT2D eigenvalue weighted by Gasteiger charge is 2.35. The third-order valence-corrected chi connectivity index (χ3v) is 14.0. The molecule has 77 heavy (non-hydrogen) atoms.